The van der Waals surface area contributed by atoms with Crippen LogP contribution in [0.25, 0.3) is 0 Å². The normalized spacial score (nSPS) is 9.92. The minimum Gasteiger partial charge on any atom is -0.384 e. The number of amidine groups is 2. The van der Waals surface area contributed by atoms with Crippen molar-refractivity contribution in [1.82, 2.24) is 0 Å². The fourth-order valence-corrected chi connectivity index (χ4v) is 2.30. The summed E-state index contributed by atoms with van der Waals surface area (Å²) in [7, 11) is 0. The highest BCUT2D eigenvalue weighted by Crippen LogP contribution is 2.23. The van der Waals surface area contributed by atoms with Crippen molar-refractivity contribution >= 4 is 23.7 Å². The molecule has 134 valence electrons. The molecule has 0 aromatic heterocycles. The van der Waals surface area contributed by atoms with E-state index in [1.165, 1.54) is 11.1 Å². The van der Waals surface area contributed by atoms with Crippen molar-refractivity contribution in [3.8, 4) is 0 Å². The highest BCUT2D eigenvalue weighted by atomic mass is 32.2. The Labute approximate surface area is 151 Å². The van der Waals surface area contributed by atoms with Crippen LogP contribution >= 0.6 is 12.0 Å². The maximum Gasteiger partial charge on any atom is 0.122 e. The molecule has 0 aliphatic carbocycles. The van der Waals surface area contributed by atoms with Crippen molar-refractivity contribution in [1.29, 1.82) is 10.8 Å². The van der Waals surface area contributed by atoms with Crippen LogP contribution in [0.2, 0.25) is 0 Å². The molecule has 0 bridgehead atoms. The lowest BCUT2D eigenvalue weighted by Crippen LogP contribution is -2.11. The number of hydrogen-bond acceptors (Lipinski definition) is 6. The van der Waals surface area contributed by atoms with Crippen LogP contribution in [-0.4, -0.2) is 11.7 Å². The average molecular weight is 361 g/mol. The molecular formula is C17H23N5O2S. The topological polar surface area (TPSA) is 144 Å². The molecule has 0 radical (unpaired) electrons. The Morgan fingerprint density at radius 1 is 0.840 bits per heavy atom. The fraction of sp³-hybridized carbons (Fsp3) is 0.176. The number of nitrogens with one attached hydrogen (secondary N) is 2. The zero-order chi connectivity index (χ0) is 19.0. The van der Waals surface area contributed by atoms with E-state index < -0.39 is 0 Å². The van der Waals surface area contributed by atoms with E-state index in [1.54, 1.807) is 18.2 Å². The van der Waals surface area contributed by atoms with Crippen molar-refractivity contribution in [2.45, 2.75) is 25.7 Å². The lowest BCUT2D eigenvalue weighted by Gasteiger charge is -2.05. The standard InChI is InChI=1S/C9H12N2.C8H11N3O2S/c1-6-3-4-8(9(10)11)5-7(6)2;1-5-4-6(8(9)10)2-3-7(5)14-13-12-11/h3-5H,1-2H3,(H3,10,11);2-4H,11H2,1H3,(H3,9,10). The molecular weight excluding hydrogens is 338 g/mol. The SMILES string of the molecule is Cc1cc(C(=N)N)ccc1SOON.Cc1ccc(C(=N)N)cc1C. The third-order valence-electron chi connectivity index (χ3n) is 3.47. The van der Waals surface area contributed by atoms with Gasteiger partial charge in [-0.3, -0.25) is 10.8 Å². The van der Waals surface area contributed by atoms with E-state index in [-0.39, 0.29) is 11.7 Å². The first kappa shape index (κ1) is 20.7. The molecule has 25 heavy (non-hydrogen) atoms. The van der Waals surface area contributed by atoms with E-state index in [1.807, 2.05) is 39.0 Å². The van der Waals surface area contributed by atoms with Gasteiger partial charge in [0.15, 0.2) is 0 Å². The van der Waals surface area contributed by atoms with Crippen LogP contribution in [0, 0.1) is 31.6 Å². The molecule has 0 spiro atoms. The van der Waals surface area contributed by atoms with Gasteiger partial charge in [-0.05, 0) is 55.7 Å². The molecule has 8 N–H and O–H groups in total. The summed E-state index contributed by atoms with van der Waals surface area (Å²) in [5.41, 5.74) is 15.5. The van der Waals surface area contributed by atoms with Gasteiger partial charge in [-0.1, -0.05) is 18.2 Å². The van der Waals surface area contributed by atoms with Crippen LogP contribution in [-0.2, 0) is 9.32 Å². The van der Waals surface area contributed by atoms with Crippen molar-refractivity contribution < 1.29 is 9.32 Å². The zero-order valence-corrected chi connectivity index (χ0v) is 15.2. The van der Waals surface area contributed by atoms with Crippen molar-refractivity contribution in [2.24, 2.45) is 17.4 Å². The molecule has 0 unspecified atom stereocenters. The Bertz CT molecular complexity index is 765. The second-order valence-electron chi connectivity index (χ2n) is 5.35. The van der Waals surface area contributed by atoms with Gasteiger partial charge in [0.1, 0.15) is 11.7 Å². The Hall–Kier alpha value is -2.39. The van der Waals surface area contributed by atoms with E-state index in [2.05, 4.69) is 9.32 Å². The molecule has 0 aliphatic heterocycles. The molecule has 8 heteroatoms. The third-order valence-corrected chi connectivity index (χ3v) is 4.25. The predicted octanol–water partition coefficient (Wildman–Crippen LogP) is 2.70. The molecule has 0 heterocycles. The minimum atomic E-state index is 0.0423. The molecule has 0 amide bonds. The van der Waals surface area contributed by atoms with Gasteiger partial charge in [0.25, 0.3) is 0 Å². The average Bonchev–Trinajstić information content (AvgIpc) is 2.56. The van der Waals surface area contributed by atoms with Gasteiger partial charge in [-0.25, -0.2) is 0 Å². The number of hydrogen-bond donors (Lipinski definition) is 5. The van der Waals surface area contributed by atoms with Gasteiger partial charge in [0, 0.05) is 16.0 Å². The summed E-state index contributed by atoms with van der Waals surface area (Å²) in [6.45, 7) is 5.94. The molecule has 0 fully saturated rings. The van der Waals surface area contributed by atoms with Gasteiger partial charge in [0.2, 0.25) is 0 Å². The molecule has 0 saturated heterocycles. The fourth-order valence-electron chi connectivity index (χ4n) is 1.88. The number of nitrogen functional groups attached to an aromatic ring is 2. The molecule has 2 aromatic carbocycles. The Balaban J connectivity index is 0.000000257. The summed E-state index contributed by atoms with van der Waals surface area (Å²) in [4.78, 5) is 4.84. The Morgan fingerprint density at radius 2 is 1.36 bits per heavy atom. The van der Waals surface area contributed by atoms with Gasteiger partial charge in [-0.2, -0.15) is 5.90 Å². The van der Waals surface area contributed by atoms with Crippen molar-refractivity contribution in [2.75, 3.05) is 0 Å². The van der Waals surface area contributed by atoms with Crippen LogP contribution in [0.4, 0.5) is 0 Å². The van der Waals surface area contributed by atoms with Crippen molar-refractivity contribution in [3.63, 3.8) is 0 Å². The van der Waals surface area contributed by atoms with E-state index in [4.69, 9.17) is 28.2 Å². The molecule has 0 atom stereocenters. The number of benzene rings is 2. The zero-order valence-electron chi connectivity index (χ0n) is 14.4. The van der Waals surface area contributed by atoms with Crippen LogP contribution in [0.15, 0.2) is 41.3 Å². The molecule has 7 nitrogen and oxygen atoms in total. The Morgan fingerprint density at radius 3 is 1.80 bits per heavy atom. The number of aryl methyl sites for hydroxylation is 3. The molecule has 0 aliphatic rings. The van der Waals surface area contributed by atoms with Gasteiger partial charge >= 0.3 is 0 Å². The second kappa shape index (κ2) is 9.80. The van der Waals surface area contributed by atoms with E-state index in [9.17, 15) is 0 Å². The summed E-state index contributed by atoms with van der Waals surface area (Å²) in [6, 6.07) is 11.1. The largest absolute Gasteiger partial charge is 0.384 e. The summed E-state index contributed by atoms with van der Waals surface area (Å²) >= 11 is 1.01. The lowest BCUT2D eigenvalue weighted by atomic mass is 10.1. The van der Waals surface area contributed by atoms with E-state index in [0.717, 1.165) is 28.1 Å². The van der Waals surface area contributed by atoms with Gasteiger partial charge < -0.3 is 11.5 Å². The minimum absolute atomic E-state index is 0.0423. The lowest BCUT2D eigenvalue weighted by molar-refractivity contribution is -0.195. The number of rotatable bonds is 5. The van der Waals surface area contributed by atoms with E-state index in [0.29, 0.717) is 5.56 Å². The molecule has 2 rings (SSSR count). The van der Waals surface area contributed by atoms with Crippen molar-refractivity contribution in [3.05, 3.63) is 64.2 Å². The maximum atomic E-state index is 7.24. The maximum absolute atomic E-state index is 7.24. The summed E-state index contributed by atoms with van der Waals surface area (Å²) < 4.78 is 4.51. The van der Waals surface area contributed by atoms with E-state index >= 15 is 0 Å². The quantitative estimate of drug-likeness (QED) is 0.182. The monoisotopic (exact) mass is 361 g/mol. The smallest absolute Gasteiger partial charge is 0.122 e. The second-order valence-corrected chi connectivity index (χ2v) is 6.10. The predicted molar refractivity (Wildman–Crippen MR) is 101 cm³/mol. The summed E-state index contributed by atoms with van der Waals surface area (Å²) in [5.74, 6) is 4.88. The first-order valence-corrected chi connectivity index (χ1v) is 8.07. The highest BCUT2D eigenvalue weighted by molar-refractivity contribution is 7.94. The first-order chi connectivity index (χ1) is 11.8. The van der Waals surface area contributed by atoms with Crippen LogP contribution in [0.5, 0.6) is 0 Å². The summed E-state index contributed by atoms with van der Waals surface area (Å²) in [5, 5.41) is 14.4. The summed E-state index contributed by atoms with van der Waals surface area (Å²) in [6.07, 6.45) is 0. The third kappa shape index (κ3) is 6.55. The molecule has 2 aromatic rings. The van der Waals surface area contributed by atoms with Crippen LogP contribution in [0.1, 0.15) is 27.8 Å². The Kier molecular flexibility index (Phi) is 8.09. The van der Waals surface area contributed by atoms with Crippen LogP contribution < -0.4 is 17.4 Å². The molecule has 0 saturated carbocycles. The first-order valence-electron chi connectivity index (χ1n) is 7.33. The number of nitrogens with two attached hydrogens (primary N) is 3. The highest BCUT2D eigenvalue weighted by Gasteiger charge is 2.03. The van der Waals surface area contributed by atoms with Gasteiger partial charge in [-0.15, -0.1) is 9.32 Å². The van der Waals surface area contributed by atoms with Crippen LogP contribution in [0.3, 0.4) is 0 Å². The van der Waals surface area contributed by atoms with Gasteiger partial charge in [0.05, 0.1) is 12.0 Å².